The van der Waals surface area contributed by atoms with Crippen LogP contribution in [0.2, 0.25) is 0 Å². The third kappa shape index (κ3) is 11.6. The van der Waals surface area contributed by atoms with Crippen molar-refractivity contribution in [2.75, 3.05) is 13.2 Å². The van der Waals surface area contributed by atoms with Gasteiger partial charge in [-0.25, -0.2) is 0 Å². The first-order valence-corrected chi connectivity index (χ1v) is 16.5. The smallest absolute Gasteiger partial charge is 0.178 e. The molecule has 2 fully saturated rings. The van der Waals surface area contributed by atoms with E-state index in [0.717, 1.165) is 24.0 Å². The molecule has 4 heterocycles. The lowest BCUT2D eigenvalue weighted by atomic mass is 9.74. The number of ether oxygens (including phenoxy) is 4. The van der Waals surface area contributed by atoms with Gasteiger partial charge in [0.25, 0.3) is 0 Å². The van der Waals surface area contributed by atoms with Crippen LogP contribution in [0.15, 0.2) is 22.3 Å². The zero-order valence-corrected chi connectivity index (χ0v) is 31.0. The largest absolute Gasteiger partial charge is 0.393 e. The number of aliphatic hydroxyl groups excluding tert-OH is 4. The van der Waals surface area contributed by atoms with E-state index in [1.165, 1.54) is 17.6 Å². The molecule has 2 saturated heterocycles. The maximum atomic E-state index is 9.24. The summed E-state index contributed by atoms with van der Waals surface area (Å²) >= 11 is 0. The Bertz CT molecular complexity index is 939. The second-order valence-electron chi connectivity index (χ2n) is 15.5. The third-order valence-electron chi connectivity index (χ3n) is 11.7. The molecule has 0 radical (unpaired) electrons. The van der Waals surface area contributed by atoms with Crippen molar-refractivity contribution in [2.45, 2.75) is 213 Å². The van der Waals surface area contributed by atoms with Gasteiger partial charge in [0, 0.05) is 11.8 Å². The summed E-state index contributed by atoms with van der Waals surface area (Å²) in [7, 11) is 0. The summed E-state index contributed by atoms with van der Waals surface area (Å²) in [5.41, 5.74) is 3.62. The second-order valence-corrected chi connectivity index (χ2v) is 15.5. The van der Waals surface area contributed by atoms with Gasteiger partial charge < -0.3 is 39.4 Å². The molecule has 8 heteroatoms. The van der Waals surface area contributed by atoms with Gasteiger partial charge in [0.1, 0.15) is 5.60 Å². The van der Waals surface area contributed by atoms with Crippen LogP contribution in [0.25, 0.3) is 0 Å². The Kier molecular flexibility index (Phi) is 22.1. The summed E-state index contributed by atoms with van der Waals surface area (Å²) in [6.45, 7) is 33.1. The average Bonchev–Trinajstić information content (AvgIpc) is 3.45. The molecule has 8 nitrogen and oxygen atoms in total. The van der Waals surface area contributed by atoms with Crippen LogP contribution in [0.5, 0.6) is 0 Å². The van der Waals surface area contributed by atoms with Gasteiger partial charge in [-0.2, -0.15) is 0 Å². The third-order valence-corrected chi connectivity index (χ3v) is 11.7. The van der Waals surface area contributed by atoms with Crippen molar-refractivity contribution in [3.63, 3.8) is 0 Å². The maximum absolute atomic E-state index is 9.24. The minimum Gasteiger partial charge on any atom is -0.393 e. The van der Waals surface area contributed by atoms with Crippen molar-refractivity contribution < 1.29 is 39.4 Å². The van der Waals surface area contributed by atoms with E-state index in [9.17, 15) is 10.2 Å². The number of rotatable bonds is 4. The van der Waals surface area contributed by atoms with Crippen molar-refractivity contribution in [3.05, 3.63) is 22.3 Å². The summed E-state index contributed by atoms with van der Waals surface area (Å²) in [5.74, 6) is 0. The fraction of sp³-hybridized carbons (Fsp3) is 0.900. The fourth-order valence-corrected chi connectivity index (χ4v) is 6.37. The van der Waals surface area contributed by atoms with Gasteiger partial charge in [-0.3, -0.25) is 0 Å². The van der Waals surface area contributed by atoms with Crippen LogP contribution in [-0.2, 0) is 18.9 Å². The molecule has 0 aromatic rings. The van der Waals surface area contributed by atoms with E-state index in [0.29, 0.717) is 24.0 Å². The van der Waals surface area contributed by atoms with E-state index in [1.54, 1.807) is 13.8 Å². The molecule has 4 rings (SSSR count). The minimum atomic E-state index is -0.841. The zero-order valence-electron chi connectivity index (χ0n) is 31.0. The Hall–Kier alpha value is -0.840. The highest BCUT2D eigenvalue weighted by molar-refractivity contribution is 5.28. The molecule has 292 valence electrons. The monoisotopic (exact) mass is 693 g/mol. The van der Waals surface area contributed by atoms with E-state index in [4.69, 9.17) is 29.2 Å². The Balaban J connectivity index is -0.000000262. The Morgan fingerprint density at radius 2 is 1.04 bits per heavy atom. The van der Waals surface area contributed by atoms with Gasteiger partial charge in [0.05, 0.1) is 42.2 Å². The molecule has 0 aromatic heterocycles. The van der Waals surface area contributed by atoms with Crippen molar-refractivity contribution >= 4 is 0 Å². The lowest BCUT2D eigenvalue weighted by Crippen LogP contribution is -2.41. The molecular formula is C40H84O8. The summed E-state index contributed by atoms with van der Waals surface area (Å²) in [4.78, 5) is 0. The summed E-state index contributed by atoms with van der Waals surface area (Å²) in [6.07, 6.45) is 3.16. The maximum Gasteiger partial charge on any atom is 0.178 e. The Morgan fingerprint density at radius 1 is 0.583 bits per heavy atom. The van der Waals surface area contributed by atoms with Crippen molar-refractivity contribution in [1.29, 1.82) is 0 Å². The predicted octanol–water partition coefficient (Wildman–Crippen LogP) is 9.37. The number of hydrogen-bond acceptors (Lipinski definition) is 8. The quantitative estimate of drug-likeness (QED) is 0.215. The van der Waals surface area contributed by atoms with Gasteiger partial charge in [-0.1, -0.05) is 71.2 Å². The van der Waals surface area contributed by atoms with E-state index >= 15 is 0 Å². The second kappa shape index (κ2) is 19.7. The molecule has 0 saturated carbocycles. The molecular weight excluding hydrogens is 608 g/mol. The van der Waals surface area contributed by atoms with Crippen LogP contribution in [0.3, 0.4) is 0 Å². The van der Waals surface area contributed by atoms with Gasteiger partial charge in [-0.05, 0) is 116 Å². The lowest BCUT2D eigenvalue weighted by Gasteiger charge is -2.35. The van der Waals surface area contributed by atoms with Crippen LogP contribution < -0.4 is 0 Å². The van der Waals surface area contributed by atoms with E-state index < -0.39 is 23.8 Å². The first-order chi connectivity index (χ1) is 19.8. The molecule has 4 aliphatic heterocycles. The highest BCUT2D eigenvalue weighted by Gasteiger charge is 2.50. The molecule has 2 unspecified atom stereocenters. The van der Waals surface area contributed by atoms with Crippen LogP contribution in [0, 0.1) is 10.8 Å². The Morgan fingerprint density at radius 3 is 1.21 bits per heavy atom. The fourth-order valence-electron chi connectivity index (χ4n) is 6.37. The Labute approximate surface area is 298 Å². The van der Waals surface area contributed by atoms with E-state index in [1.807, 2.05) is 27.7 Å². The highest BCUT2D eigenvalue weighted by Crippen LogP contribution is 2.48. The molecule has 0 bridgehead atoms. The number of aliphatic hydroxyl groups is 4. The summed E-state index contributed by atoms with van der Waals surface area (Å²) in [6, 6.07) is 0. The van der Waals surface area contributed by atoms with Crippen LogP contribution in [0.1, 0.15) is 166 Å². The van der Waals surface area contributed by atoms with Crippen molar-refractivity contribution in [3.8, 4) is 0 Å². The molecule has 0 aromatic carbocycles. The first-order valence-electron chi connectivity index (χ1n) is 16.5. The van der Waals surface area contributed by atoms with Crippen LogP contribution in [0.4, 0.5) is 0 Å². The molecule has 4 N–H and O–H groups in total. The van der Waals surface area contributed by atoms with Crippen LogP contribution in [-0.4, -0.2) is 80.8 Å². The molecule has 8 atom stereocenters. The first kappa shape index (κ1) is 53.9. The van der Waals surface area contributed by atoms with E-state index in [2.05, 4.69) is 69.2 Å². The molecule has 0 amide bonds. The minimum absolute atomic E-state index is 0. The normalized spacial score (nSPS) is 37.2. The van der Waals surface area contributed by atoms with Crippen molar-refractivity contribution in [2.24, 2.45) is 10.8 Å². The average molecular weight is 693 g/mol. The van der Waals surface area contributed by atoms with Gasteiger partial charge in [0.2, 0.25) is 0 Å². The predicted molar refractivity (Wildman–Crippen MR) is 204 cm³/mol. The summed E-state index contributed by atoms with van der Waals surface area (Å²) in [5, 5.41) is 36.4. The van der Waals surface area contributed by atoms with Crippen LogP contribution >= 0.6 is 0 Å². The molecule has 4 aliphatic rings. The van der Waals surface area contributed by atoms with Gasteiger partial charge in [-0.15, -0.1) is 0 Å². The topological polar surface area (TPSA) is 118 Å². The van der Waals surface area contributed by atoms with Gasteiger partial charge >= 0.3 is 0 Å². The van der Waals surface area contributed by atoms with Gasteiger partial charge in [0.15, 0.2) is 12.6 Å². The van der Waals surface area contributed by atoms with Crippen molar-refractivity contribution in [1.82, 2.24) is 0 Å². The molecule has 0 spiro atoms. The standard InChI is InChI=1S/C10H20O.C10H18O.C8H16O3.C8H14O3.4CH4/c1-6-10(5)9(3,4)7-8(2)11-10;1-6-10(5)8(3)7(2)9(4)11-10;1-7(2)4-6(10)11-8(7,3)5-9;1-5-6(2)8(3,4-9)11-7(5)10;;;;/h8H,6-7H2,1-5H3;9H,6H2,1-5H3;6,9-10H,4-5H2,1-3H3;7,9-10H,4H2,1-3H3;4*1H4/t8-,10+;9-,10+;6?,8-;7?,8-;;;;/m0011..../s1. The molecule has 48 heavy (non-hydrogen) atoms. The van der Waals surface area contributed by atoms with E-state index in [-0.39, 0.29) is 59.5 Å². The highest BCUT2D eigenvalue weighted by atomic mass is 16.6. The molecule has 0 aliphatic carbocycles. The number of hydrogen-bond donors (Lipinski definition) is 4. The zero-order chi connectivity index (χ0) is 34.7. The lowest BCUT2D eigenvalue weighted by molar-refractivity contribution is -0.158. The summed E-state index contributed by atoms with van der Waals surface area (Å²) < 4.78 is 22.1. The SMILES string of the molecule is C.C.C.C.CC1(C)CC(O)O[C@]1(C)CO.CC1=C(C)[C@@](C)(CO)OC1O.CC[C@@]1(C)O[C@@H](C)C(C)=C1C.CC[C@@]1(C)O[C@@H](C)CC1(C)C.